The van der Waals surface area contributed by atoms with E-state index in [4.69, 9.17) is 16.3 Å². The Morgan fingerprint density at radius 2 is 1.75 bits per heavy atom. The van der Waals surface area contributed by atoms with Crippen LogP contribution in [0.3, 0.4) is 0 Å². The van der Waals surface area contributed by atoms with Gasteiger partial charge >= 0.3 is 0 Å². The molecule has 0 radical (unpaired) electrons. The average molecular weight is 425 g/mol. The summed E-state index contributed by atoms with van der Waals surface area (Å²) in [6.45, 7) is 4.53. The van der Waals surface area contributed by atoms with E-state index >= 15 is 0 Å². The largest absolute Gasteiger partial charge is 0.496 e. The van der Waals surface area contributed by atoms with Crippen molar-refractivity contribution in [1.82, 2.24) is 9.21 Å². The summed E-state index contributed by atoms with van der Waals surface area (Å²) in [4.78, 5) is 14.6. The minimum absolute atomic E-state index is 0.0616. The van der Waals surface area contributed by atoms with Crippen LogP contribution in [0.25, 0.3) is 0 Å². The fourth-order valence-corrected chi connectivity index (χ4v) is 4.57. The van der Waals surface area contributed by atoms with Crippen molar-refractivity contribution in [2.45, 2.75) is 25.3 Å². The maximum absolute atomic E-state index is 13.0. The zero-order valence-electron chi connectivity index (χ0n) is 16.5. The van der Waals surface area contributed by atoms with Crippen molar-refractivity contribution in [2.24, 2.45) is 0 Å². The van der Waals surface area contributed by atoms with Crippen molar-refractivity contribution in [1.29, 1.82) is 0 Å². The number of halogens is 1. The molecule has 0 spiro atoms. The first-order valence-electron chi connectivity index (χ1n) is 8.93. The predicted octanol–water partition coefficient (Wildman–Crippen LogP) is 3.65. The van der Waals surface area contributed by atoms with Gasteiger partial charge in [-0.3, -0.25) is 4.79 Å². The Labute approximate surface area is 171 Å². The highest BCUT2D eigenvalue weighted by Gasteiger charge is 2.25. The minimum Gasteiger partial charge on any atom is -0.496 e. The molecule has 1 amide bonds. The Hall–Kier alpha value is -2.09. The van der Waals surface area contributed by atoms with E-state index in [0.717, 1.165) is 5.56 Å². The summed E-state index contributed by atoms with van der Waals surface area (Å²) in [5.41, 5.74) is 0.983. The maximum Gasteiger partial charge on any atom is 0.257 e. The molecule has 2 rings (SSSR count). The number of benzene rings is 2. The van der Waals surface area contributed by atoms with Gasteiger partial charge in [-0.15, -0.1) is 0 Å². The molecule has 0 saturated heterocycles. The highest BCUT2D eigenvalue weighted by molar-refractivity contribution is 7.89. The highest BCUT2D eigenvalue weighted by Crippen LogP contribution is 2.26. The smallest absolute Gasteiger partial charge is 0.257 e. The summed E-state index contributed by atoms with van der Waals surface area (Å²) >= 11 is 6.18. The molecule has 0 N–H and O–H groups in total. The second kappa shape index (κ2) is 9.41. The second-order valence-electron chi connectivity index (χ2n) is 6.20. The third-order valence-corrected chi connectivity index (χ3v) is 6.87. The third-order valence-electron chi connectivity index (χ3n) is 4.46. The van der Waals surface area contributed by atoms with E-state index in [1.165, 1.54) is 34.5 Å². The van der Waals surface area contributed by atoms with Gasteiger partial charge in [0.1, 0.15) is 5.75 Å². The van der Waals surface area contributed by atoms with Gasteiger partial charge in [-0.1, -0.05) is 43.6 Å². The van der Waals surface area contributed by atoms with E-state index in [0.29, 0.717) is 23.9 Å². The minimum atomic E-state index is -3.69. The van der Waals surface area contributed by atoms with Gasteiger partial charge in [-0.25, -0.2) is 8.42 Å². The van der Waals surface area contributed by atoms with E-state index in [1.54, 1.807) is 27.0 Å². The molecule has 2 aromatic carbocycles. The van der Waals surface area contributed by atoms with Crippen molar-refractivity contribution < 1.29 is 17.9 Å². The molecule has 0 heterocycles. The summed E-state index contributed by atoms with van der Waals surface area (Å²) in [5.74, 6) is -0.0390. The number of hydrogen-bond acceptors (Lipinski definition) is 4. The van der Waals surface area contributed by atoms with E-state index in [9.17, 15) is 13.2 Å². The van der Waals surface area contributed by atoms with E-state index < -0.39 is 10.0 Å². The lowest BCUT2D eigenvalue weighted by atomic mass is 10.1. The Kier molecular flexibility index (Phi) is 7.46. The van der Waals surface area contributed by atoms with E-state index in [2.05, 4.69) is 0 Å². The van der Waals surface area contributed by atoms with Crippen LogP contribution in [-0.4, -0.2) is 50.8 Å². The first-order chi connectivity index (χ1) is 13.3. The molecule has 8 heteroatoms. The van der Waals surface area contributed by atoms with Crippen molar-refractivity contribution in [2.75, 3.05) is 27.2 Å². The molecule has 0 fully saturated rings. The third kappa shape index (κ3) is 4.66. The van der Waals surface area contributed by atoms with Crippen LogP contribution in [0.15, 0.2) is 47.4 Å². The van der Waals surface area contributed by atoms with Gasteiger partial charge in [0.05, 0.1) is 17.6 Å². The Morgan fingerprint density at radius 1 is 1.11 bits per heavy atom. The van der Waals surface area contributed by atoms with Gasteiger partial charge in [-0.2, -0.15) is 4.31 Å². The second-order valence-corrected chi connectivity index (χ2v) is 8.55. The number of rotatable bonds is 8. The highest BCUT2D eigenvalue weighted by atomic mass is 35.5. The van der Waals surface area contributed by atoms with Gasteiger partial charge in [0.15, 0.2) is 0 Å². The first-order valence-corrected chi connectivity index (χ1v) is 10.7. The molecule has 2 aromatic rings. The van der Waals surface area contributed by atoms with Crippen molar-refractivity contribution in [3.05, 3.63) is 58.6 Å². The topological polar surface area (TPSA) is 66.9 Å². The van der Waals surface area contributed by atoms with Crippen LogP contribution in [0.5, 0.6) is 5.75 Å². The van der Waals surface area contributed by atoms with Gasteiger partial charge in [-0.05, 0) is 29.8 Å². The lowest BCUT2D eigenvalue weighted by molar-refractivity contribution is 0.0781. The van der Waals surface area contributed by atoms with E-state index in [1.807, 2.05) is 18.2 Å². The number of carbonyl (C=O) groups excluding carboxylic acids is 1. The lowest BCUT2D eigenvalue weighted by Gasteiger charge is -2.22. The summed E-state index contributed by atoms with van der Waals surface area (Å²) in [5, 5.41) is 0.562. The molecule has 0 aliphatic rings. The molecule has 0 unspecified atom stereocenters. The summed E-state index contributed by atoms with van der Waals surface area (Å²) in [6.07, 6.45) is 0. The van der Waals surface area contributed by atoms with Crippen molar-refractivity contribution in [3.8, 4) is 5.75 Å². The number of ether oxygens (including phenoxy) is 1. The number of carbonyl (C=O) groups is 1. The van der Waals surface area contributed by atoms with Crippen LogP contribution in [-0.2, 0) is 16.6 Å². The quantitative estimate of drug-likeness (QED) is 0.648. The van der Waals surface area contributed by atoms with Crippen LogP contribution in [0.1, 0.15) is 29.8 Å². The van der Waals surface area contributed by atoms with Gasteiger partial charge in [0, 0.05) is 31.7 Å². The van der Waals surface area contributed by atoms with Crippen LogP contribution in [0.4, 0.5) is 0 Å². The predicted molar refractivity (Wildman–Crippen MR) is 110 cm³/mol. The standard InChI is InChI=1S/C20H25ClN2O4S/c1-5-23(6-2)28(25,26)16-11-12-19(27-4)17(13-16)20(24)22(3)14-15-9-7-8-10-18(15)21/h7-13H,5-6,14H2,1-4H3. The summed E-state index contributed by atoms with van der Waals surface area (Å²) < 4.78 is 32.3. The average Bonchev–Trinajstić information content (AvgIpc) is 2.69. The van der Waals surface area contributed by atoms with E-state index in [-0.39, 0.29) is 22.9 Å². The molecule has 28 heavy (non-hydrogen) atoms. The zero-order chi connectivity index (χ0) is 20.9. The molecule has 0 atom stereocenters. The summed E-state index contributed by atoms with van der Waals surface area (Å²) in [6, 6.07) is 11.6. The summed E-state index contributed by atoms with van der Waals surface area (Å²) in [7, 11) is -0.609. The SMILES string of the molecule is CCN(CC)S(=O)(=O)c1ccc(OC)c(C(=O)N(C)Cc2ccccc2Cl)c1. The number of methoxy groups -OCH3 is 1. The van der Waals surface area contributed by atoms with Crippen molar-refractivity contribution in [3.63, 3.8) is 0 Å². The van der Waals surface area contributed by atoms with Crippen LogP contribution >= 0.6 is 11.6 Å². The fourth-order valence-electron chi connectivity index (χ4n) is 2.89. The number of nitrogens with zero attached hydrogens (tertiary/aromatic N) is 2. The number of amides is 1. The molecule has 0 bridgehead atoms. The normalized spacial score (nSPS) is 11.5. The molecule has 0 aliphatic heterocycles. The monoisotopic (exact) mass is 424 g/mol. The molecular formula is C20H25ClN2O4S. The Bertz CT molecular complexity index is 943. The van der Waals surface area contributed by atoms with Gasteiger partial charge in [0.2, 0.25) is 10.0 Å². The van der Waals surface area contributed by atoms with Crippen molar-refractivity contribution >= 4 is 27.5 Å². The lowest BCUT2D eigenvalue weighted by Crippen LogP contribution is -2.31. The zero-order valence-corrected chi connectivity index (χ0v) is 18.0. The van der Waals surface area contributed by atoms with Crippen LogP contribution in [0, 0.1) is 0 Å². The van der Waals surface area contributed by atoms with Crippen LogP contribution < -0.4 is 4.74 Å². The molecule has 0 saturated carbocycles. The number of sulfonamides is 1. The molecule has 0 aliphatic carbocycles. The fraction of sp³-hybridized carbons (Fsp3) is 0.350. The number of hydrogen-bond donors (Lipinski definition) is 0. The first kappa shape index (κ1) is 22.2. The van der Waals surface area contributed by atoms with Gasteiger partial charge < -0.3 is 9.64 Å². The Balaban J connectivity index is 2.40. The molecule has 152 valence electrons. The molecule has 6 nitrogen and oxygen atoms in total. The Morgan fingerprint density at radius 3 is 2.32 bits per heavy atom. The molecule has 0 aromatic heterocycles. The van der Waals surface area contributed by atoms with Gasteiger partial charge in [0.25, 0.3) is 5.91 Å². The maximum atomic E-state index is 13.0. The van der Waals surface area contributed by atoms with Crippen LogP contribution in [0.2, 0.25) is 5.02 Å². The molecular weight excluding hydrogens is 400 g/mol.